The molecule has 0 aromatic carbocycles. The maximum Gasteiger partial charge on any atom is 0.468 e. The van der Waals surface area contributed by atoms with Gasteiger partial charge in [0.25, 0.3) is 0 Å². The molecule has 38 heavy (non-hydrogen) atoms. The van der Waals surface area contributed by atoms with Crippen LogP contribution in [0.5, 0.6) is 0 Å². The van der Waals surface area contributed by atoms with E-state index < -0.39 is 88.9 Å². The van der Waals surface area contributed by atoms with Gasteiger partial charge >= 0.3 is 51.4 Å². The van der Waals surface area contributed by atoms with Gasteiger partial charge in [0.05, 0.1) is 6.61 Å². The highest BCUT2D eigenvalue weighted by molar-refractivity contribution is 7.87. The normalized spacial score (nSPS) is 18.0. The molecular formula is C19H22F10O8S. The number of unbranched alkanes of at least 4 members (excludes halogenated alkanes) is 1. The van der Waals surface area contributed by atoms with E-state index in [-0.39, 0.29) is 12.8 Å². The molecule has 0 heterocycles. The molecule has 0 spiro atoms. The number of halogens is 10. The molecule has 1 saturated carbocycles. The van der Waals surface area contributed by atoms with E-state index in [0.29, 0.717) is 19.3 Å². The molecule has 1 N–H and O–H groups in total. The minimum atomic E-state index is -6.59. The zero-order valence-corrected chi connectivity index (χ0v) is 20.0. The molecule has 0 aromatic heterocycles. The largest absolute Gasteiger partial charge is 0.468 e. The topological polar surface area (TPSA) is 116 Å². The Morgan fingerprint density at radius 1 is 0.895 bits per heavy atom. The smallest absolute Gasteiger partial charge is 0.457 e. The number of rotatable bonds is 12. The van der Waals surface area contributed by atoms with E-state index in [4.69, 9.17) is 4.55 Å². The van der Waals surface area contributed by atoms with E-state index in [9.17, 15) is 61.9 Å². The first kappa shape index (κ1) is 33.9. The maximum atomic E-state index is 14.0. The number of hydrogen-bond acceptors (Lipinski definition) is 7. The van der Waals surface area contributed by atoms with Crippen LogP contribution in [-0.4, -0.2) is 66.9 Å². The SMILES string of the molecule is C=C(C(=O)OC(OCCCCC(F)(F)C(F)(F)S(=O)(=O)O)(C(=O)OC1CCCCC1)C(F)(F)F)C(F)(F)F. The van der Waals surface area contributed by atoms with Crippen molar-refractivity contribution >= 4 is 22.1 Å². The highest BCUT2D eigenvalue weighted by atomic mass is 32.2. The lowest BCUT2D eigenvalue weighted by Gasteiger charge is -2.34. The van der Waals surface area contributed by atoms with Gasteiger partial charge in [0.15, 0.2) is 0 Å². The van der Waals surface area contributed by atoms with Gasteiger partial charge in [-0.15, -0.1) is 0 Å². The molecule has 0 radical (unpaired) electrons. The van der Waals surface area contributed by atoms with Crippen LogP contribution in [0.1, 0.15) is 51.4 Å². The van der Waals surface area contributed by atoms with Crippen molar-refractivity contribution in [1.82, 2.24) is 0 Å². The van der Waals surface area contributed by atoms with Crippen LogP contribution in [0.2, 0.25) is 0 Å². The second kappa shape index (κ2) is 11.9. The highest BCUT2D eigenvalue weighted by Gasteiger charge is 2.69. The third-order valence-electron chi connectivity index (χ3n) is 5.23. The fourth-order valence-electron chi connectivity index (χ4n) is 3.10. The molecule has 8 nitrogen and oxygen atoms in total. The molecule has 1 aliphatic carbocycles. The lowest BCUT2D eigenvalue weighted by Crippen LogP contribution is -2.59. The van der Waals surface area contributed by atoms with Gasteiger partial charge in [-0.05, 0) is 38.5 Å². The predicted octanol–water partition coefficient (Wildman–Crippen LogP) is 5.09. The molecule has 0 aromatic rings. The Bertz CT molecular complexity index is 971. The van der Waals surface area contributed by atoms with Gasteiger partial charge in [-0.25, -0.2) is 9.59 Å². The molecule has 1 fully saturated rings. The fraction of sp³-hybridized carbons (Fsp3) is 0.789. The van der Waals surface area contributed by atoms with E-state index in [1.807, 2.05) is 0 Å². The number of ether oxygens (including phenoxy) is 3. The minimum Gasteiger partial charge on any atom is -0.457 e. The lowest BCUT2D eigenvalue weighted by molar-refractivity contribution is -0.356. The zero-order chi connectivity index (χ0) is 29.8. The van der Waals surface area contributed by atoms with Crippen molar-refractivity contribution in [3.63, 3.8) is 0 Å². The third kappa shape index (κ3) is 7.93. The van der Waals surface area contributed by atoms with E-state index in [1.54, 1.807) is 0 Å². The second-order valence-electron chi connectivity index (χ2n) is 8.15. The first-order valence-electron chi connectivity index (χ1n) is 10.6. The Balaban J connectivity index is 3.15. The number of alkyl halides is 10. The standard InChI is InChI=1S/C19H22F10O8S/c1-11(17(22,23)24)13(30)37-16(18(25,26)27,14(31)36-12-7-3-2-4-8-12)35-10-6-5-9-15(20,21)19(28,29)38(32,33)34/h12H,1-10H2,(H,32,33,34). The molecule has 0 amide bonds. The van der Waals surface area contributed by atoms with Gasteiger partial charge in [-0.3, -0.25) is 4.55 Å². The van der Waals surface area contributed by atoms with Gasteiger partial charge in [-0.2, -0.15) is 52.3 Å². The van der Waals surface area contributed by atoms with Crippen LogP contribution in [0, 0.1) is 0 Å². The van der Waals surface area contributed by atoms with E-state index in [0.717, 1.165) is 0 Å². The van der Waals surface area contributed by atoms with Gasteiger partial charge in [0, 0.05) is 6.42 Å². The van der Waals surface area contributed by atoms with Crippen LogP contribution in [-0.2, 0) is 33.9 Å². The summed E-state index contributed by atoms with van der Waals surface area (Å²) in [5.41, 5.74) is -2.47. The molecule has 19 heteroatoms. The van der Waals surface area contributed by atoms with Crippen molar-refractivity contribution in [2.24, 2.45) is 0 Å². The van der Waals surface area contributed by atoms with Crippen LogP contribution in [0.15, 0.2) is 12.2 Å². The fourth-order valence-corrected chi connectivity index (χ4v) is 3.58. The summed E-state index contributed by atoms with van der Waals surface area (Å²) in [5, 5.41) is -5.96. The Morgan fingerprint density at radius 3 is 1.87 bits per heavy atom. The maximum absolute atomic E-state index is 14.0. The number of carbonyl (C=O) groups is 2. The average molecular weight is 600 g/mol. The van der Waals surface area contributed by atoms with Crippen LogP contribution < -0.4 is 0 Å². The summed E-state index contributed by atoms with van der Waals surface area (Å²) in [5.74, 6) is -15.5. The highest BCUT2D eigenvalue weighted by Crippen LogP contribution is 2.42. The monoisotopic (exact) mass is 600 g/mol. The van der Waals surface area contributed by atoms with Gasteiger partial charge < -0.3 is 14.2 Å². The van der Waals surface area contributed by atoms with Crippen molar-refractivity contribution < 1.29 is 80.7 Å². The Morgan fingerprint density at radius 2 is 1.42 bits per heavy atom. The van der Waals surface area contributed by atoms with Crippen LogP contribution in [0.4, 0.5) is 43.9 Å². The molecule has 1 atom stereocenters. The Hall–Kier alpha value is -2.15. The van der Waals surface area contributed by atoms with E-state index in [2.05, 4.69) is 20.8 Å². The van der Waals surface area contributed by atoms with Gasteiger partial charge in [0.1, 0.15) is 11.7 Å². The quantitative estimate of drug-likeness (QED) is 0.0824. The van der Waals surface area contributed by atoms with Crippen molar-refractivity contribution in [2.75, 3.05) is 6.61 Å². The minimum absolute atomic E-state index is 0.0555. The van der Waals surface area contributed by atoms with Crippen molar-refractivity contribution in [2.45, 2.75) is 86.8 Å². The summed E-state index contributed by atoms with van der Waals surface area (Å²) >= 11 is 0. The zero-order valence-electron chi connectivity index (χ0n) is 19.1. The van der Waals surface area contributed by atoms with Crippen LogP contribution in [0.25, 0.3) is 0 Å². The summed E-state index contributed by atoms with van der Waals surface area (Å²) in [6.07, 6.45) is -15.6. The van der Waals surface area contributed by atoms with Crippen LogP contribution in [0.3, 0.4) is 0 Å². The van der Waals surface area contributed by atoms with Crippen molar-refractivity contribution in [3.05, 3.63) is 12.2 Å². The molecular weight excluding hydrogens is 578 g/mol. The van der Waals surface area contributed by atoms with Crippen LogP contribution >= 0.6 is 0 Å². The molecule has 0 bridgehead atoms. The third-order valence-corrected chi connectivity index (χ3v) is 6.18. The molecule has 1 aliphatic rings. The summed E-state index contributed by atoms with van der Waals surface area (Å²) in [6.45, 7) is 0.747. The van der Waals surface area contributed by atoms with Crippen molar-refractivity contribution in [1.29, 1.82) is 0 Å². The molecule has 0 saturated heterocycles. The van der Waals surface area contributed by atoms with Gasteiger partial charge in [-0.1, -0.05) is 13.0 Å². The summed E-state index contributed by atoms with van der Waals surface area (Å²) in [7, 11) is -6.59. The average Bonchev–Trinajstić information content (AvgIpc) is 2.75. The number of carbonyl (C=O) groups excluding carboxylic acids is 2. The molecule has 222 valence electrons. The summed E-state index contributed by atoms with van der Waals surface area (Å²) in [4.78, 5) is 24.3. The van der Waals surface area contributed by atoms with E-state index >= 15 is 0 Å². The Kier molecular flexibility index (Phi) is 10.6. The number of hydrogen-bond donors (Lipinski definition) is 1. The molecule has 0 aliphatic heterocycles. The lowest BCUT2D eigenvalue weighted by atomic mass is 9.98. The number of esters is 2. The van der Waals surface area contributed by atoms with Gasteiger partial charge in [0.2, 0.25) is 0 Å². The molecule has 1 unspecified atom stereocenters. The molecule has 1 rings (SSSR count). The first-order chi connectivity index (χ1) is 17.0. The summed E-state index contributed by atoms with van der Waals surface area (Å²) < 4.78 is 176. The first-order valence-corrected chi connectivity index (χ1v) is 12.1. The summed E-state index contributed by atoms with van der Waals surface area (Å²) in [6, 6.07) is 0. The van der Waals surface area contributed by atoms with E-state index in [1.165, 1.54) is 0 Å². The second-order valence-corrected chi connectivity index (χ2v) is 9.61. The Labute approximate surface area is 209 Å². The van der Waals surface area contributed by atoms with Crippen molar-refractivity contribution in [3.8, 4) is 0 Å². The predicted molar refractivity (Wildman–Crippen MR) is 104 cm³/mol.